The van der Waals surface area contributed by atoms with Crippen LogP contribution in [0.1, 0.15) is 11.1 Å². The van der Waals surface area contributed by atoms with Crippen molar-refractivity contribution in [1.29, 1.82) is 0 Å². The van der Waals surface area contributed by atoms with Gasteiger partial charge >= 0.3 is 0 Å². The summed E-state index contributed by atoms with van der Waals surface area (Å²) in [6, 6.07) is 9.66. The highest BCUT2D eigenvalue weighted by molar-refractivity contribution is 7.89. The van der Waals surface area contributed by atoms with Gasteiger partial charge in [0.1, 0.15) is 6.54 Å². The van der Waals surface area contributed by atoms with E-state index in [-0.39, 0.29) is 17.3 Å². The van der Waals surface area contributed by atoms with Crippen LogP contribution in [0.4, 0.5) is 5.69 Å². The zero-order chi connectivity index (χ0) is 20.9. The van der Waals surface area contributed by atoms with Gasteiger partial charge in [-0.05, 0) is 42.8 Å². The second-order valence-corrected chi connectivity index (χ2v) is 8.13. The number of carbonyl (C=O) groups excluding carboxylic acids is 1. The van der Waals surface area contributed by atoms with Crippen LogP contribution in [0, 0.1) is 6.92 Å². The molecule has 1 amide bonds. The normalized spacial score (nSPS) is 12.3. The van der Waals surface area contributed by atoms with Gasteiger partial charge in [0.25, 0.3) is 5.91 Å². The van der Waals surface area contributed by atoms with Crippen LogP contribution in [-0.4, -0.2) is 42.1 Å². The van der Waals surface area contributed by atoms with E-state index in [1.165, 1.54) is 18.2 Å². The number of anilines is 1. The standard InChI is InChI=1S/C19H25N3O5S/c1-13-8-17(26-3)18(27-4)9-14(13)11-22(2)12-19(23)21-15-6-5-7-16(10-15)28(20,24)25/h5-10H,11-12H2,1-4H3,(H,21,23)(H2,20,24,25)/p+1. The lowest BCUT2D eigenvalue weighted by atomic mass is 10.1. The van der Waals surface area contributed by atoms with Crippen molar-refractivity contribution >= 4 is 21.6 Å². The van der Waals surface area contributed by atoms with Gasteiger partial charge < -0.3 is 19.7 Å². The molecule has 0 aliphatic rings. The molecule has 0 spiro atoms. The van der Waals surface area contributed by atoms with E-state index < -0.39 is 10.0 Å². The molecule has 152 valence electrons. The maximum absolute atomic E-state index is 12.3. The number of carbonyl (C=O) groups is 1. The Hall–Kier alpha value is -2.62. The number of sulfonamides is 1. The second kappa shape index (κ2) is 9.05. The molecule has 4 N–H and O–H groups in total. The largest absolute Gasteiger partial charge is 0.493 e. The number of quaternary nitrogens is 1. The molecule has 0 aromatic heterocycles. The molecule has 0 saturated heterocycles. The predicted molar refractivity (Wildman–Crippen MR) is 106 cm³/mol. The highest BCUT2D eigenvalue weighted by atomic mass is 32.2. The van der Waals surface area contributed by atoms with Crippen molar-refractivity contribution in [1.82, 2.24) is 0 Å². The van der Waals surface area contributed by atoms with E-state index in [4.69, 9.17) is 14.6 Å². The maximum Gasteiger partial charge on any atom is 0.279 e. The Bertz CT molecular complexity index is 960. The van der Waals surface area contributed by atoms with Crippen LogP contribution in [0.5, 0.6) is 11.5 Å². The van der Waals surface area contributed by atoms with Gasteiger partial charge in [0.2, 0.25) is 10.0 Å². The van der Waals surface area contributed by atoms with Crippen molar-refractivity contribution in [2.45, 2.75) is 18.4 Å². The summed E-state index contributed by atoms with van der Waals surface area (Å²) in [5.41, 5.74) is 2.46. The molecular weight excluding hydrogens is 382 g/mol. The van der Waals surface area contributed by atoms with Crippen LogP contribution in [0.3, 0.4) is 0 Å². The third-order valence-electron chi connectivity index (χ3n) is 4.24. The molecule has 8 nitrogen and oxygen atoms in total. The third-order valence-corrected chi connectivity index (χ3v) is 5.15. The van der Waals surface area contributed by atoms with Crippen LogP contribution >= 0.6 is 0 Å². The first-order chi connectivity index (χ1) is 13.1. The fourth-order valence-corrected chi connectivity index (χ4v) is 3.39. The summed E-state index contributed by atoms with van der Waals surface area (Å²) in [7, 11) is 1.25. The number of nitrogens with two attached hydrogens (primary N) is 1. The number of methoxy groups -OCH3 is 2. The molecule has 2 rings (SSSR count). The monoisotopic (exact) mass is 408 g/mol. The van der Waals surface area contributed by atoms with Gasteiger partial charge in [-0.25, -0.2) is 13.6 Å². The number of benzene rings is 2. The highest BCUT2D eigenvalue weighted by Crippen LogP contribution is 2.29. The van der Waals surface area contributed by atoms with Crippen molar-refractivity contribution < 1.29 is 27.6 Å². The lowest BCUT2D eigenvalue weighted by molar-refractivity contribution is -0.885. The van der Waals surface area contributed by atoms with E-state index >= 15 is 0 Å². The van der Waals surface area contributed by atoms with Crippen molar-refractivity contribution in [3.8, 4) is 11.5 Å². The van der Waals surface area contributed by atoms with E-state index in [0.717, 1.165) is 16.0 Å². The Morgan fingerprint density at radius 2 is 1.79 bits per heavy atom. The maximum atomic E-state index is 12.3. The van der Waals surface area contributed by atoms with Gasteiger partial charge in [0.05, 0.1) is 26.2 Å². The number of nitrogens with one attached hydrogen (secondary N) is 2. The zero-order valence-corrected chi connectivity index (χ0v) is 17.2. The van der Waals surface area contributed by atoms with Crippen LogP contribution in [0.2, 0.25) is 0 Å². The summed E-state index contributed by atoms with van der Waals surface area (Å²) in [6.45, 7) is 2.79. The Morgan fingerprint density at radius 1 is 1.14 bits per heavy atom. The number of aryl methyl sites for hydroxylation is 1. The molecule has 0 saturated carbocycles. The van der Waals surface area contributed by atoms with E-state index in [0.29, 0.717) is 23.7 Å². The molecule has 0 radical (unpaired) electrons. The molecule has 0 heterocycles. The van der Waals surface area contributed by atoms with Crippen LogP contribution in [0.25, 0.3) is 0 Å². The summed E-state index contributed by atoms with van der Waals surface area (Å²) in [4.78, 5) is 13.2. The first kappa shape index (κ1) is 21.7. The summed E-state index contributed by atoms with van der Waals surface area (Å²) < 4.78 is 33.5. The SMILES string of the molecule is COc1cc(C)c(C[NH+](C)CC(=O)Nc2cccc(S(N)(=O)=O)c2)cc1OC. The molecule has 28 heavy (non-hydrogen) atoms. The summed E-state index contributed by atoms with van der Waals surface area (Å²) >= 11 is 0. The number of hydrogen-bond acceptors (Lipinski definition) is 5. The van der Waals surface area contributed by atoms with E-state index in [1.807, 2.05) is 26.1 Å². The van der Waals surface area contributed by atoms with Crippen molar-refractivity contribution in [3.63, 3.8) is 0 Å². The fourth-order valence-electron chi connectivity index (χ4n) is 2.83. The fraction of sp³-hybridized carbons (Fsp3) is 0.316. The minimum atomic E-state index is -3.82. The third kappa shape index (κ3) is 5.69. The molecule has 0 fully saturated rings. The van der Waals surface area contributed by atoms with Crippen LogP contribution < -0.4 is 24.8 Å². The summed E-state index contributed by atoms with van der Waals surface area (Å²) in [5.74, 6) is 1.07. The lowest BCUT2D eigenvalue weighted by Crippen LogP contribution is -3.08. The average molecular weight is 409 g/mol. The second-order valence-electron chi connectivity index (χ2n) is 6.57. The first-order valence-corrected chi connectivity index (χ1v) is 10.1. The Labute approximate surface area is 165 Å². The minimum Gasteiger partial charge on any atom is -0.493 e. The number of rotatable bonds is 8. The smallest absolute Gasteiger partial charge is 0.279 e. The van der Waals surface area contributed by atoms with Crippen molar-refractivity contribution in [2.24, 2.45) is 5.14 Å². The van der Waals surface area contributed by atoms with E-state index in [1.54, 1.807) is 20.3 Å². The molecule has 0 aliphatic carbocycles. The number of primary sulfonamides is 1. The Kier molecular flexibility index (Phi) is 7.00. The summed E-state index contributed by atoms with van der Waals surface area (Å²) in [6.07, 6.45) is 0. The molecular formula is C19H26N3O5S+. The van der Waals surface area contributed by atoms with Crippen LogP contribution in [-0.2, 0) is 21.4 Å². The topological polar surface area (TPSA) is 112 Å². The first-order valence-electron chi connectivity index (χ1n) is 8.59. The van der Waals surface area contributed by atoms with Gasteiger partial charge in [0.15, 0.2) is 18.0 Å². The molecule has 9 heteroatoms. The van der Waals surface area contributed by atoms with Gasteiger partial charge in [-0.3, -0.25) is 4.79 Å². The molecule has 0 aliphatic heterocycles. The predicted octanol–water partition coefficient (Wildman–Crippen LogP) is 0.313. The van der Waals surface area contributed by atoms with E-state index in [9.17, 15) is 13.2 Å². The number of amides is 1. The number of ether oxygens (including phenoxy) is 2. The molecule has 0 bridgehead atoms. The molecule has 1 unspecified atom stereocenters. The van der Waals surface area contributed by atoms with Crippen LogP contribution in [0.15, 0.2) is 41.3 Å². The van der Waals surface area contributed by atoms with Gasteiger partial charge in [-0.15, -0.1) is 0 Å². The lowest BCUT2D eigenvalue weighted by Gasteiger charge is -2.17. The minimum absolute atomic E-state index is 0.0491. The Morgan fingerprint density at radius 3 is 2.39 bits per heavy atom. The van der Waals surface area contributed by atoms with Gasteiger partial charge in [-0.1, -0.05) is 6.07 Å². The van der Waals surface area contributed by atoms with Crippen molar-refractivity contribution in [3.05, 3.63) is 47.5 Å². The molecule has 2 aromatic rings. The zero-order valence-electron chi connectivity index (χ0n) is 16.4. The quantitative estimate of drug-likeness (QED) is 0.582. The number of hydrogen-bond donors (Lipinski definition) is 3. The van der Waals surface area contributed by atoms with Gasteiger partial charge in [-0.2, -0.15) is 0 Å². The van der Waals surface area contributed by atoms with E-state index in [2.05, 4.69) is 5.32 Å². The molecule has 2 aromatic carbocycles. The summed E-state index contributed by atoms with van der Waals surface area (Å²) in [5, 5.41) is 7.82. The highest BCUT2D eigenvalue weighted by Gasteiger charge is 2.16. The number of likely N-dealkylation sites (N-methyl/N-ethyl adjacent to an activating group) is 1. The Balaban J connectivity index is 2.04. The molecule has 1 atom stereocenters. The average Bonchev–Trinajstić information content (AvgIpc) is 2.62. The van der Waals surface area contributed by atoms with Crippen molar-refractivity contribution in [2.75, 3.05) is 33.1 Å². The van der Waals surface area contributed by atoms with Gasteiger partial charge in [0, 0.05) is 11.3 Å².